The van der Waals surface area contributed by atoms with Crippen LogP contribution in [0, 0.1) is 11.6 Å². The molecule has 0 radical (unpaired) electrons. The van der Waals surface area contributed by atoms with E-state index in [1.165, 1.54) is 6.07 Å². The van der Waals surface area contributed by atoms with E-state index >= 15 is 0 Å². The van der Waals surface area contributed by atoms with Crippen LogP contribution in [0.15, 0.2) is 18.2 Å². The maximum atomic E-state index is 13.5. The summed E-state index contributed by atoms with van der Waals surface area (Å²) in [5.41, 5.74) is 0.280. The van der Waals surface area contributed by atoms with Crippen LogP contribution < -0.4 is 10.6 Å². The predicted molar refractivity (Wildman–Crippen MR) is 68.6 cm³/mol. The molecule has 2 N–H and O–H groups in total. The Hall–Kier alpha value is -1.49. The number of benzene rings is 1. The van der Waals surface area contributed by atoms with Crippen molar-refractivity contribution in [2.24, 2.45) is 0 Å². The van der Waals surface area contributed by atoms with E-state index in [0.717, 1.165) is 25.0 Å². The molecule has 1 aromatic rings. The molecule has 1 aromatic carbocycles. The molecule has 0 heterocycles. The number of rotatable bonds is 6. The molecule has 0 saturated heterocycles. The van der Waals surface area contributed by atoms with Crippen LogP contribution in [-0.4, -0.2) is 18.5 Å². The van der Waals surface area contributed by atoms with Crippen molar-refractivity contribution in [3.05, 3.63) is 35.4 Å². The molecule has 1 saturated carbocycles. The summed E-state index contributed by atoms with van der Waals surface area (Å²) in [6.45, 7) is 2.19. The first-order chi connectivity index (χ1) is 9.06. The number of hydrogen-bond donors (Lipinski definition) is 2. The second-order valence-corrected chi connectivity index (χ2v) is 4.93. The first-order valence-electron chi connectivity index (χ1n) is 6.54. The molecule has 1 atom stereocenters. The van der Waals surface area contributed by atoms with Gasteiger partial charge in [-0.2, -0.15) is 0 Å². The maximum Gasteiger partial charge on any atom is 0.221 e. The first-order valence-corrected chi connectivity index (χ1v) is 6.54. The third kappa shape index (κ3) is 4.28. The van der Waals surface area contributed by atoms with E-state index in [1.807, 2.05) is 0 Å². The van der Waals surface area contributed by atoms with Gasteiger partial charge in [0.2, 0.25) is 5.91 Å². The van der Waals surface area contributed by atoms with E-state index in [-0.39, 0.29) is 17.5 Å². The number of halogens is 2. The van der Waals surface area contributed by atoms with E-state index in [1.54, 1.807) is 6.92 Å². The molecule has 2 rings (SSSR count). The zero-order valence-corrected chi connectivity index (χ0v) is 10.9. The predicted octanol–water partition coefficient (Wildman–Crippen LogP) is 2.28. The lowest BCUT2D eigenvalue weighted by Crippen LogP contribution is -2.30. The van der Waals surface area contributed by atoms with Gasteiger partial charge < -0.3 is 10.6 Å². The minimum absolute atomic E-state index is 0.00177. The highest BCUT2D eigenvalue weighted by atomic mass is 19.1. The summed E-state index contributed by atoms with van der Waals surface area (Å²) < 4.78 is 26.5. The van der Waals surface area contributed by atoms with Gasteiger partial charge >= 0.3 is 0 Å². The van der Waals surface area contributed by atoms with Crippen LogP contribution in [0.1, 0.15) is 37.8 Å². The van der Waals surface area contributed by atoms with Gasteiger partial charge in [0.1, 0.15) is 11.6 Å². The molecule has 1 aliphatic carbocycles. The standard InChI is InChI=1S/C14H18F2N2O/c1-9(12-8-10(15)2-5-13(12)16)17-7-6-14(19)18-11-3-4-11/h2,5,8-9,11,17H,3-4,6-7H2,1H3,(H,18,19). The molecule has 104 valence electrons. The summed E-state index contributed by atoms with van der Waals surface area (Å²) in [6, 6.07) is 3.41. The van der Waals surface area contributed by atoms with Crippen molar-refractivity contribution >= 4 is 5.91 Å². The molecule has 1 fully saturated rings. The summed E-state index contributed by atoms with van der Waals surface area (Å²) in [5, 5.41) is 5.90. The summed E-state index contributed by atoms with van der Waals surface area (Å²) in [4.78, 5) is 11.4. The molecular formula is C14H18F2N2O. The highest BCUT2D eigenvalue weighted by Crippen LogP contribution is 2.19. The molecule has 0 aromatic heterocycles. The third-order valence-electron chi connectivity index (χ3n) is 3.17. The van der Waals surface area contributed by atoms with E-state index in [0.29, 0.717) is 19.0 Å². The molecule has 19 heavy (non-hydrogen) atoms. The Kier molecular flexibility index (Phi) is 4.47. The summed E-state index contributed by atoms with van der Waals surface area (Å²) in [6.07, 6.45) is 2.46. The fourth-order valence-electron chi connectivity index (χ4n) is 1.89. The normalized spacial score (nSPS) is 16.2. The van der Waals surface area contributed by atoms with E-state index in [2.05, 4.69) is 10.6 Å². The minimum atomic E-state index is -0.462. The van der Waals surface area contributed by atoms with Gasteiger partial charge in [0.25, 0.3) is 0 Å². The molecule has 1 aliphatic rings. The Morgan fingerprint density at radius 1 is 1.42 bits per heavy atom. The van der Waals surface area contributed by atoms with Gasteiger partial charge in [-0.15, -0.1) is 0 Å². The largest absolute Gasteiger partial charge is 0.353 e. The van der Waals surface area contributed by atoms with Crippen LogP contribution in [0.4, 0.5) is 8.78 Å². The van der Waals surface area contributed by atoms with Crippen molar-refractivity contribution in [1.82, 2.24) is 10.6 Å². The minimum Gasteiger partial charge on any atom is -0.353 e. The maximum absolute atomic E-state index is 13.5. The lowest BCUT2D eigenvalue weighted by molar-refractivity contribution is -0.121. The van der Waals surface area contributed by atoms with Crippen molar-refractivity contribution in [3.63, 3.8) is 0 Å². The van der Waals surface area contributed by atoms with Gasteiger partial charge in [-0.05, 0) is 38.0 Å². The van der Waals surface area contributed by atoms with Crippen LogP contribution >= 0.6 is 0 Å². The van der Waals surface area contributed by atoms with Crippen LogP contribution in [-0.2, 0) is 4.79 Å². The molecule has 1 unspecified atom stereocenters. The van der Waals surface area contributed by atoms with Crippen molar-refractivity contribution in [2.45, 2.75) is 38.3 Å². The SMILES string of the molecule is CC(NCCC(=O)NC1CC1)c1cc(F)ccc1F. The molecule has 0 bridgehead atoms. The van der Waals surface area contributed by atoms with Crippen molar-refractivity contribution in [3.8, 4) is 0 Å². The summed E-state index contributed by atoms with van der Waals surface area (Å²) >= 11 is 0. The zero-order chi connectivity index (χ0) is 13.8. The van der Waals surface area contributed by atoms with Gasteiger partial charge in [-0.25, -0.2) is 8.78 Å². The molecule has 0 aliphatic heterocycles. The molecule has 0 spiro atoms. The van der Waals surface area contributed by atoms with Gasteiger partial charge in [0, 0.05) is 30.6 Å². The van der Waals surface area contributed by atoms with E-state index < -0.39 is 11.6 Å². The summed E-state index contributed by atoms with van der Waals surface area (Å²) in [7, 11) is 0. The number of carbonyl (C=O) groups is 1. The van der Waals surface area contributed by atoms with Crippen LogP contribution in [0.2, 0.25) is 0 Å². The van der Waals surface area contributed by atoms with E-state index in [9.17, 15) is 13.6 Å². The lowest BCUT2D eigenvalue weighted by atomic mass is 10.1. The number of nitrogens with one attached hydrogen (secondary N) is 2. The Morgan fingerprint density at radius 2 is 2.16 bits per heavy atom. The Labute approximate surface area is 111 Å². The van der Waals surface area contributed by atoms with Gasteiger partial charge in [0.05, 0.1) is 0 Å². The van der Waals surface area contributed by atoms with Crippen molar-refractivity contribution in [2.75, 3.05) is 6.54 Å². The molecule has 3 nitrogen and oxygen atoms in total. The number of carbonyl (C=O) groups excluding carboxylic acids is 1. The second-order valence-electron chi connectivity index (χ2n) is 4.93. The Balaban J connectivity index is 1.78. The average molecular weight is 268 g/mol. The third-order valence-corrected chi connectivity index (χ3v) is 3.17. The van der Waals surface area contributed by atoms with Gasteiger partial charge in [-0.1, -0.05) is 0 Å². The van der Waals surface area contributed by atoms with Gasteiger partial charge in [0.15, 0.2) is 0 Å². The number of amides is 1. The van der Waals surface area contributed by atoms with Crippen LogP contribution in [0.5, 0.6) is 0 Å². The Bertz CT molecular complexity index is 461. The van der Waals surface area contributed by atoms with Crippen LogP contribution in [0.3, 0.4) is 0 Å². The molecule has 1 amide bonds. The van der Waals surface area contributed by atoms with E-state index in [4.69, 9.17) is 0 Å². The Morgan fingerprint density at radius 3 is 2.84 bits per heavy atom. The molecular weight excluding hydrogens is 250 g/mol. The van der Waals surface area contributed by atoms with Gasteiger partial charge in [-0.3, -0.25) is 4.79 Å². The second kappa shape index (κ2) is 6.10. The van der Waals surface area contributed by atoms with Crippen molar-refractivity contribution < 1.29 is 13.6 Å². The average Bonchev–Trinajstić information content (AvgIpc) is 3.16. The fraction of sp³-hybridized carbons (Fsp3) is 0.500. The first kappa shape index (κ1) is 13.9. The van der Waals surface area contributed by atoms with Crippen molar-refractivity contribution in [1.29, 1.82) is 0 Å². The topological polar surface area (TPSA) is 41.1 Å². The highest BCUT2D eigenvalue weighted by Gasteiger charge is 2.22. The van der Waals surface area contributed by atoms with Crippen LogP contribution in [0.25, 0.3) is 0 Å². The number of hydrogen-bond acceptors (Lipinski definition) is 2. The molecule has 5 heteroatoms. The highest BCUT2D eigenvalue weighted by molar-refractivity contribution is 5.76. The quantitative estimate of drug-likeness (QED) is 0.831. The summed E-state index contributed by atoms with van der Waals surface area (Å²) in [5.74, 6) is -0.901. The monoisotopic (exact) mass is 268 g/mol. The lowest BCUT2D eigenvalue weighted by Gasteiger charge is -2.15. The fourth-order valence-corrected chi connectivity index (χ4v) is 1.89. The zero-order valence-electron chi connectivity index (χ0n) is 10.9. The smallest absolute Gasteiger partial charge is 0.221 e.